The molecule has 5 nitrogen and oxygen atoms in total. The zero-order valence-electron chi connectivity index (χ0n) is 13.7. The minimum Gasteiger partial charge on any atom is -0.352 e. The first-order valence-electron chi connectivity index (χ1n) is 7.38. The third kappa shape index (κ3) is 6.58. The average molecular weight is 326 g/mol. The molecule has 0 radical (unpaired) electrons. The number of hydrogen-bond donors (Lipinski definition) is 2. The molecule has 1 amide bonds. The number of rotatable bonds is 7. The van der Waals surface area contributed by atoms with Crippen LogP contribution in [0, 0.1) is 13.8 Å². The Morgan fingerprint density at radius 1 is 1.32 bits per heavy atom. The first-order chi connectivity index (χ1) is 10.1. The van der Waals surface area contributed by atoms with E-state index >= 15 is 0 Å². The molecule has 2 unspecified atom stereocenters. The molecule has 1 aromatic rings. The minimum atomic E-state index is -3.10. The third-order valence-electron chi connectivity index (χ3n) is 3.55. The van der Waals surface area contributed by atoms with Crippen LogP contribution in [0.4, 0.5) is 0 Å². The van der Waals surface area contributed by atoms with Gasteiger partial charge in [-0.15, -0.1) is 0 Å². The molecule has 6 heteroatoms. The van der Waals surface area contributed by atoms with Gasteiger partial charge in [-0.25, -0.2) is 8.42 Å². The van der Waals surface area contributed by atoms with E-state index in [-0.39, 0.29) is 24.1 Å². The normalized spacial score (nSPS) is 14.4. The molecule has 0 heterocycles. The molecule has 0 aliphatic rings. The van der Waals surface area contributed by atoms with Crippen LogP contribution in [-0.2, 0) is 21.1 Å². The van der Waals surface area contributed by atoms with Gasteiger partial charge in [0.15, 0.2) is 0 Å². The Kier molecular flexibility index (Phi) is 6.56. The summed E-state index contributed by atoms with van der Waals surface area (Å²) in [6.07, 6.45) is 2.00. The van der Waals surface area contributed by atoms with Crippen LogP contribution in [0.5, 0.6) is 0 Å². The summed E-state index contributed by atoms with van der Waals surface area (Å²) < 4.78 is 22.2. The van der Waals surface area contributed by atoms with E-state index in [2.05, 4.69) is 30.4 Å². The zero-order chi connectivity index (χ0) is 16.9. The predicted molar refractivity (Wildman–Crippen MR) is 89.5 cm³/mol. The Morgan fingerprint density at radius 3 is 2.50 bits per heavy atom. The van der Waals surface area contributed by atoms with Crippen molar-refractivity contribution in [3.05, 3.63) is 34.9 Å². The molecule has 22 heavy (non-hydrogen) atoms. The SMILES string of the molecule is Cc1ccc(CC(C)NC(=O)C(N)CCS(C)(=O)=O)c(C)c1. The van der Waals surface area contributed by atoms with Crippen LogP contribution in [0.25, 0.3) is 0 Å². The summed E-state index contributed by atoms with van der Waals surface area (Å²) in [4.78, 5) is 12.0. The van der Waals surface area contributed by atoms with E-state index in [0.29, 0.717) is 0 Å². The van der Waals surface area contributed by atoms with Crippen LogP contribution in [0.2, 0.25) is 0 Å². The van der Waals surface area contributed by atoms with Gasteiger partial charge in [0.25, 0.3) is 0 Å². The number of carbonyl (C=O) groups is 1. The van der Waals surface area contributed by atoms with E-state index < -0.39 is 15.9 Å². The van der Waals surface area contributed by atoms with Crippen molar-refractivity contribution in [3.63, 3.8) is 0 Å². The fourth-order valence-electron chi connectivity index (χ4n) is 2.28. The number of nitrogens with one attached hydrogen (secondary N) is 1. The second-order valence-electron chi connectivity index (χ2n) is 6.07. The van der Waals surface area contributed by atoms with Crippen molar-refractivity contribution in [1.29, 1.82) is 0 Å². The molecule has 3 N–H and O–H groups in total. The number of hydrogen-bond acceptors (Lipinski definition) is 4. The van der Waals surface area contributed by atoms with E-state index in [1.165, 1.54) is 16.7 Å². The smallest absolute Gasteiger partial charge is 0.237 e. The van der Waals surface area contributed by atoms with Gasteiger partial charge in [-0.1, -0.05) is 23.8 Å². The van der Waals surface area contributed by atoms with E-state index in [0.717, 1.165) is 12.7 Å². The van der Waals surface area contributed by atoms with Crippen molar-refractivity contribution in [2.24, 2.45) is 5.73 Å². The van der Waals surface area contributed by atoms with E-state index in [9.17, 15) is 13.2 Å². The number of carbonyl (C=O) groups excluding carboxylic acids is 1. The number of aryl methyl sites for hydroxylation is 2. The van der Waals surface area contributed by atoms with Gasteiger partial charge < -0.3 is 11.1 Å². The maximum Gasteiger partial charge on any atom is 0.237 e. The van der Waals surface area contributed by atoms with Gasteiger partial charge in [-0.05, 0) is 44.7 Å². The maximum atomic E-state index is 12.0. The molecule has 0 aliphatic carbocycles. The highest BCUT2D eigenvalue weighted by Crippen LogP contribution is 2.12. The highest BCUT2D eigenvalue weighted by molar-refractivity contribution is 7.90. The number of nitrogens with two attached hydrogens (primary N) is 1. The third-order valence-corrected chi connectivity index (χ3v) is 4.53. The molecule has 0 fully saturated rings. The molecule has 0 spiro atoms. The highest BCUT2D eigenvalue weighted by atomic mass is 32.2. The molecule has 2 atom stereocenters. The highest BCUT2D eigenvalue weighted by Gasteiger charge is 2.18. The van der Waals surface area contributed by atoms with Crippen LogP contribution in [0.1, 0.15) is 30.0 Å². The van der Waals surface area contributed by atoms with Crippen LogP contribution in [0.15, 0.2) is 18.2 Å². The lowest BCUT2D eigenvalue weighted by Crippen LogP contribution is -2.45. The lowest BCUT2D eigenvalue weighted by molar-refractivity contribution is -0.122. The Bertz CT molecular complexity index is 626. The molecular weight excluding hydrogens is 300 g/mol. The van der Waals surface area contributed by atoms with Gasteiger partial charge in [0.05, 0.1) is 11.8 Å². The average Bonchev–Trinajstić information content (AvgIpc) is 2.38. The van der Waals surface area contributed by atoms with Gasteiger partial charge in [0.1, 0.15) is 9.84 Å². The molecule has 0 saturated heterocycles. The fourth-order valence-corrected chi connectivity index (χ4v) is 2.96. The largest absolute Gasteiger partial charge is 0.352 e. The number of sulfone groups is 1. The summed E-state index contributed by atoms with van der Waals surface area (Å²) in [6, 6.07) is 5.38. The number of benzene rings is 1. The quantitative estimate of drug-likeness (QED) is 0.785. The monoisotopic (exact) mass is 326 g/mol. The Hall–Kier alpha value is -1.40. The minimum absolute atomic E-state index is 0.0572. The molecule has 0 saturated carbocycles. The molecule has 1 rings (SSSR count). The maximum absolute atomic E-state index is 12.0. The van der Waals surface area contributed by atoms with Crippen LogP contribution in [0.3, 0.4) is 0 Å². The summed E-state index contributed by atoms with van der Waals surface area (Å²) in [5, 5.41) is 2.85. The van der Waals surface area contributed by atoms with Gasteiger partial charge in [0.2, 0.25) is 5.91 Å². The summed E-state index contributed by atoms with van der Waals surface area (Å²) in [5.41, 5.74) is 9.33. The molecule has 1 aromatic carbocycles. The van der Waals surface area contributed by atoms with Gasteiger partial charge in [0, 0.05) is 12.3 Å². The Morgan fingerprint density at radius 2 is 1.95 bits per heavy atom. The Labute approximate surface area is 133 Å². The molecule has 124 valence electrons. The topological polar surface area (TPSA) is 89.3 Å². The van der Waals surface area contributed by atoms with Crippen LogP contribution < -0.4 is 11.1 Å². The zero-order valence-corrected chi connectivity index (χ0v) is 14.5. The van der Waals surface area contributed by atoms with E-state index in [1.54, 1.807) is 0 Å². The lowest BCUT2D eigenvalue weighted by Gasteiger charge is -2.18. The van der Waals surface area contributed by atoms with Crippen molar-refractivity contribution < 1.29 is 13.2 Å². The predicted octanol–water partition coefficient (Wildman–Crippen LogP) is 1.11. The second-order valence-corrected chi connectivity index (χ2v) is 8.33. The van der Waals surface area contributed by atoms with Gasteiger partial charge in [-0.2, -0.15) is 0 Å². The van der Waals surface area contributed by atoms with Crippen LogP contribution >= 0.6 is 0 Å². The summed E-state index contributed by atoms with van der Waals surface area (Å²) in [6.45, 7) is 6.01. The Balaban J connectivity index is 2.53. The molecule has 0 bridgehead atoms. The molecular formula is C16H26N2O3S. The fraction of sp³-hybridized carbons (Fsp3) is 0.562. The summed E-state index contributed by atoms with van der Waals surface area (Å²) >= 11 is 0. The number of amides is 1. The van der Waals surface area contributed by atoms with Gasteiger partial charge >= 0.3 is 0 Å². The lowest BCUT2D eigenvalue weighted by atomic mass is 10.00. The van der Waals surface area contributed by atoms with Gasteiger partial charge in [-0.3, -0.25) is 4.79 Å². The van der Waals surface area contributed by atoms with Crippen molar-refractivity contribution in [2.75, 3.05) is 12.0 Å². The van der Waals surface area contributed by atoms with Crippen molar-refractivity contribution in [1.82, 2.24) is 5.32 Å². The van der Waals surface area contributed by atoms with Crippen molar-refractivity contribution >= 4 is 15.7 Å². The standard InChI is InChI=1S/C16H26N2O3S/c1-11-5-6-14(12(2)9-11)10-13(3)18-16(19)15(17)7-8-22(4,20)21/h5-6,9,13,15H,7-8,10,17H2,1-4H3,(H,18,19). The van der Waals surface area contributed by atoms with Crippen molar-refractivity contribution in [2.45, 2.75) is 45.7 Å². The molecule has 0 aliphatic heterocycles. The summed E-state index contributed by atoms with van der Waals surface area (Å²) in [5.74, 6) is -0.381. The molecule has 0 aromatic heterocycles. The van der Waals surface area contributed by atoms with Crippen molar-refractivity contribution in [3.8, 4) is 0 Å². The first-order valence-corrected chi connectivity index (χ1v) is 9.44. The first kappa shape index (κ1) is 18.6. The van der Waals surface area contributed by atoms with Crippen LogP contribution in [-0.4, -0.2) is 38.4 Å². The van der Waals surface area contributed by atoms with E-state index in [1.807, 2.05) is 13.8 Å². The summed E-state index contributed by atoms with van der Waals surface area (Å²) in [7, 11) is -3.10. The van der Waals surface area contributed by atoms with E-state index in [4.69, 9.17) is 5.73 Å². The second kappa shape index (κ2) is 7.74.